The molecule has 1 aromatic carbocycles. The van der Waals surface area contributed by atoms with Crippen LogP contribution in [0, 0.1) is 6.92 Å². The zero-order chi connectivity index (χ0) is 12.2. The molecule has 0 saturated heterocycles. The highest BCUT2D eigenvalue weighted by Gasteiger charge is 2.25. The van der Waals surface area contributed by atoms with Gasteiger partial charge in [-0.25, -0.2) is 0 Å². The third kappa shape index (κ3) is 3.46. The lowest BCUT2D eigenvalue weighted by atomic mass is 9.97. The van der Waals surface area contributed by atoms with E-state index in [2.05, 4.69) is 31.2 Å². The van der Waals surface area contributed by atoms with Crippen LogP contribution in [-0.4, -0.2) is 18.5 Å². The van der Waals surface area contributed by atoms with Gasteiger partial charge in [0.2, 0.25) is 0 Å². The van der Waals surface area contributed by atoms with E-state index in [1.807, 2.05) is 13.8 Å². The molecular weight excluding hydrogens is 200 g/mol. The minimum atomic E-state index is -0.662. The first-order valence-corrected chi connectivity index (χ1v) is 5.59. The average molecular weight is 220 g/mol. The van der Waals surface area contributed by atoms with Crippen molar-refractivity contribution in [2.45, 2.75) is 39.2 Å². The summed E-state index contributed by atoms with van der Waals surface area (Å²) >= 11 is 0. The summed E-state index contributed by atoms with van der Waals surface area (Å²) < 4.78 is 5.16. The fraction of sp³-hybridized carbons (Fsp3) is 0.500. The molecule has 0 heterocycles. The van der Waals surface area contributed by atoms with E-state index < -0.39 is 5.60 Å². The second kappa shape index (κ2) is 5.26. The minimum Gasteiger partial charge on any atom is -0.371 e. The summed E-state index contributed by atoms with van der Waals surface area (Å²) in [5, 5.41) is 0. The predicted octanol–water partition coefficient (Wildman–Crippen LogP) is 2.92. The van der Waals surface area contributed by atoms with E-state index >= 15 is 0 Å². The molecule has 0 atom stereocenters. The highest BCUT2D eigenvalue weighted by atomic mass is 16.5. The first kappa shape index (κ1) is 12.9. The first-order valence-electron chi connectivity index (χ1n) is 5.59. The lowest BCUT2D eigenvalue weighted by molar-refractivity contribution is -0.137. The second-order valence-corrected chi connectivity index (χ2v) is 4.62. The molecule has 0 radical (unpaired) electrons. The highest BCUT2D eigenvalue weighted by molar-refractivity contribution is 5.86. The van der Waals surface area contributed by atoms with Gasteiger partial charge in [-0.15, -0.1) is 0 Å². The van der Waals surface area contributed by atoms with Crippen molar-refractivity contribution in [3.8, 4) is 0 Å². The molecule has 0 spiro atoms. The Morgan fingerprint density at radius 3 is 2.31 bits per heavy atom. The van der Waals surface area contributed by atoms with E-state index in [1.54, 1.807) is 7.11 Å². The van der Waals surface area contributed by atoms with Crippen molar-refractivity contribution in [3.05, 3.63) is 35.4 Å². The monoisotopic (exact) mass is 220 g/mol. The molecule has 0 aromatic heterocycles. The van der Waals surface area contributed by atoms with Gasteiger partial charge >= 0.3 is 0 Å². The highest BCUT2D eigenvalue weighted by Crippen LogP contribution is 2.14. The smallest absolute Gasteiger partial charge is 0.164 e. The number of methoxy groups -OCH3 is 1. The molecule has 0 N–H and O–H groups in total. The maximum atomic E-state index is 11.8. The number of rotatable bonds is 5. The van der Waals surface area contributed by atoms with Crippen LogP contribution in [0.4, 0.5) is 0 Å². The van der Waals surface area contributed by atoms with E-state index in [-0.39, 0.29) is 5.78 Å². The normalized spacial score (nSPS) is 11.5. The van der Waals surface area contributed by atoms with Gasteiger partial charge in [0.1, 0.15) is 5.60 Å². The lowest BCUT2D eigenvalue weighted by Crippen LogP contribution is -2.33. The summed E-state index contributed by atoms with van der Waals surface area (Å²) in [5.74, 6) is 0.149. The second-order valence-electron chi connectivity index (χ2n) is 4.62. The summed E-state index contributed by atoms with van der Waals surface area (Å²) in [6.45, 7) is 5.68. The molecule has 0 bridgehead atoms. The Kier molecular flexibility index (Phi) is 4.25. The largest absolute Gasteiger partial charge is 0.371 e. The predicted molar refractivity (Wildman–Crippen MR) is 65.6 cm³/mol. The van der Waals surface area contributed by atoms with Gasteiger partial charge in [0.15, 0.2) is 5.78 Å². The molecule has 0 amide bonds. The van der Waals surface area contributed by atoms with Crippen LogP contribution in [0.2, 0.25) is 0 Å². The molecule has 2 nitrogen and oxygen atoms in total. The van der Waals surface area contributed by atoms with Crippen LogP contribution in [0.1, 0.15) is 31.4 Å². The van der Waals surface area contributed by atoms with Gasteiger partial charge in [-0.2, -0.15) is 0 Å². The number of carbonyl (C=O) groups excluding carboxylic acids is 1. The Labute approximate surface area is 97.6 Å². The van der Waals surface area contributed by atoms with Gasteiger partial charge in [-0.05, 0) is 32.8 Å². The molecule has 0 aliphatic heterocycles. The van der Waals surface area contributed by atoms with Gasteiger partial charge in [0.25, 0.3) is 0 Å². The first-order chi connectivity index (χ1) is 7.45. The van der Waals surface area contributed by atoms with Crippen molar-refractivity contribution in [1.82, 2.24) is 0 Å². The standard InChI is InChI=1S/C14H20O2/c1-11-5-7-12(8-6-11)9-10-13(15)14(2,3)16-4/h5-8H,9-10H2,1-4H3. The third-order valence-electron chi connectivity index (χ3n) is 2.94. The topological polar surface area (TPSA) is 26.3 Å². The van der Waals surface area contributed by atoms with Gasteiger partial charge < -0.3 is 4.74 Å². The zero-order valence-corrected chi connectivity index (χ0v) is 10.5. The number of Topliss-reactive ketones (excluding diaryl/α,β-unsaturated/α-hetero) is 1. The molecule has 0 fully saturated rings. The molecule has 0 aliphatic carbocycles. The van der Waals surface area contributed by atoms with E-state index in [0.29, 0.717) is 6.42 Å². The minimum absolute atomic E-state index is 0.149. The number of carbonyl (C=O) groups is 1. The number of ketones is 1. The fourth-order valence-corrected chi connectivity index (χ4v) is 1.43. The third-order valence-corrected chi connectivity index (χ3v) is 2.94. The summed E-state index contributed by atoms with van der Waals surface area (Å²) in [4.78, 5) is 11.8. The number of hydrogen-bond acceptors (Lipinski definition) is 2. The molecular formula is C14H20O2. The van der Waals surface area contributed by atoms with Gasteiger partial charge in [0.05, 0.1) is 0 Å². The summed E-state index contributed by atoms with van der Waals surface area (Å²) in [5.41, 5.74) is 1.78. The molecule has 0 aliphatic rings. The van der Waals surface area contributed by atoms with Crippen LogP contribution >= 0.6 is 0 Å². The van der Waals surface area contributed by atoms with Gasteiger partial charge in [-0.1, -0.05) is 29.8 Å². The van der Waals surface area contributed by atoms with Crippen molar-refractivity contribution in [1.29, 1.82) is 0 Å². The Bertz CT molecular complexity index is 350. The van der Waals surface area contributed by atoms with Crippen molar-refractivity contribution >= 4 is 5.78 Å². The molecule has 16 heavy (non-hydrogen) atoms. The molecule has 0 saturated carbocycles. The Hall–Kier alpha value is -1.15. The number of aryl methyl sites for hydroxylation is 2. The van der Waals surface area contributed by atoms with Crippen molar-refractivity contribution < 1.29 is 9.53 Å². The Morgan fingerprint density at radius 1 is 1.25 bits per heavy atom. The average Bonchev–Trinajstić information content (AvgIpc) is 2.28. The van der Waals surface area contributed by atoms with Crippen molar-refractivity contribution in [3.63, 3.8) is 0 Å². The maximum absolute atomic E-state index is 11.8. The quantitative estimate of drug-likeness (QED) is 0.762. The van der Waals surface area contributed by atoms with E-state index in [9.17, 15) is 4.79 Å². The molecule has 2 heteroatoms. The summed E-state index contributed by atoms with van der Waals surface area (Å²) in [7, 11) is 1.57. The molecule has 88 valence electrons. The van der Waals surface area contributed by atoms with Crippen LogP contribution in [0.5, 0.6) is 0 Å². The van der Waals surface area contributed by atoms with Crippen molar-refractivity contribution in [2.75, 3.05) is 7.11 Å². The molecule has 1 aromatic rings. The van der Waals surface area contributed by atoms with Crippen LogP contribution in [0.15, 0.2) is 24.3 Å². The zero-order valence-electron chi connectivity index (χ0n) is 10.5. The lowest BCUT2D eigenvalue weighted by Gasteiger charge is -2.20. The summed E-state index contributed by atoms with van der Waals surface area (Å²) in [6.07, 6.45) is 1.32. The molecule has 0 unspecified atom stereocenters. The van der Waals surface area contributed by atoms with Crippen LogP contribution in [0.3, 0.4) is 0 Å². The molecule has 1 rings (SSSR count). The van der Waals surface area contributed by atoms with E-state index in [0.717, 1.165) is 6.42 Å². The summed E-state index contributed by atoms with van der Waals surface area (Å²) in [6, 6.07) is 8.29. The van der Waals surface area contributed by atoms with Gasteiger partial charge in [-0.3, -0.25) is 4.79 Å². The number of hydrogen-bond donors (Lipinski definition) is 0. The maximum Gasteiger partial charge on any atom is 0.164 e. The van der Waals surface area contributed by atoms with Crippen LogP contribution in [-0.2, 0) is 16.0 Å². The van der Waals surface area contributed by atoms with E-state index in [4.69, 9.17) is 4.74 Å². The van der Waals surface area contributed by atoms with E-state index in [1.165, 1.54) is 11.1 Å². The number of benzene rings is 1. The fourth-order valence-electron chi connectivity index (χ4n) is 1.43. The van der Waals surface area contributed by atoms with Crippen LogP contribution < -0.4 is 0 Å². The number of ether oxygens (including phenoxy) is 1. The van der Waals surface area contributed by atoms with Crippen LogP contribution in [0.25, 0.3) is 0 Å². The van der Waals surface area contributed by atoms with Crippen molar-refractivity contribution in [2.24, 2.45) is 0 Å². The SMILES string of the molecule is COC(C)(C)C(=O)CCc1ccc(C)cc1. The van der Waals surface area contributed by atoms with Gasteiger partial charge in [0, 0.05) is 13.5 Å². The Balaban J connectivity index is 2.52. The Morgan fingerprint density at radius 2 is 1.81 bits per heavy atom.